The summed E-state index contributed by atoms with van der Waals surface area (Å²) in [6.45, 7) is 6.92. The molecule has 0 aliphatic carbocycles. The minimum Gasteiger partial charge on any atom is -0.378 e. The van der Waals surface area contributed by atoms with Gasteiger partial charge in [0.05, 0.1) is 30.7 Å². The summed E-state index contributed by atoms with van der Waals surface area (Å²) < 4.78 is 58.3. The van der Waals surface area contributed by atoms with Gasteiger partial charge >= 0.3 is 6.18 Å². The predicted octanol–water partition coefficient (Wildman–Crippen LogP) is 5.12. The summed E-state index contributed by atoms with van der Waals surface area (Å²) in [6.07, 6.45) is -4.59. The monoisotopic (exact) mass is 402 g/mol. The molecule has 0 fully saturated rings. The lowest BCUT2D eigenvalue weighted by Crippen LogP contribution is -2.52. The van der Waals surface area contributed by atoms with E-state index in [4.69, 9.17) is 4.74 Å². The van der Waals surface area contributed by atoms with Gasteiger partial charge in [-0.25, -0.2) is 4.39 Å². The van der Waals surface area contributed by atoms with Crippen molar-refractivity contribution in [2.75, 3.05) is 13.2 Å². The first kappa shape index (κ1) is 22.1. The highest BCUT2D eigenvalue weighted by Crippen LogP contribution is 2.29. The molecule has 1 aromatic carbocycles. The van der Waals surface area contributed by atoms with Crippen LogP contribution in [0.3, 0.4) is 0 Å². The van der Waals surface area contributed by atoms with Crippen molar-refractivity contribution in [3.05, 3.63) is 41.8 Å². The summed E-state index contributed by atoms with van der Waals surface area (Å²) in [4.78, 5) is 16.5. The molecule has 1 atom stereocenters. The molecule has 1 amide bonds. The lowest BCUT2D eigenvalue weighted by molar-refractivity contribution is -0.154. The van der Waals surface area contributed by atoms with Crippen LogP contribution in [0.25, 0.3) is 10.9 Å². The standard InChI is InChI=1S/C20H24F4N2O2.H2/c1-18(2,3)11-28-12-19(4,10-20(22,23)24)26-17(27)14-8-13-6-5-7-15(21)16(13)25-9-14;/h5-9H,10-12H2,1-4H3,(H,26,27);1H. The van der Waals surface area contributed by atoms with E-state index in [9.17, 15) is 22.4 Å². The minimum atomic E-state index is -4.49. The molecule has 2 aromatic rings. The highest BCUT2D eigenvalue weighted by atomic mass is 19.4. The molecule has 0 spiro atoms. The third-order valence-corrected chi connectivity index (χ3v) is 3.89. The van der Waals surface area contributed by atoms with E-state index in [-0.39, 0.29) is 31.1 Å². The van der Waals surface area contributed by atoms with E-state index in [1.807, 2.05) is 20.8 Å². The highest BCUT2D eigenvalue weighted by molar-refractivity contribution is 5.97. The number of carbonyl (C=O) groups is 1. The zero-order valence-electron chi connectivity index (χ0n) is 16.3. The second-order valence-electron chi connectivity index (χ2n) is 8.40. The number of carbonyl (C=O) groups excluding carboxylic acids is 1. The van der Waals surface area contributed by atoms with Gasteiger partial charge in [-0.3, -0.25) is 9.78 Å². The molecular formula is C20H26F4N2O2. The maximum absolute atomic E-state index is 13.7. The van der Waals surface area contributed by atoms with Crippen molar-refractivity contribution in [3.8, 4) is 0 Å². The summed E-state index contributed by atoms with van der Waals surface area (Å²) in [6, 6.07) is 5.67. The average Bonchev–Trinajstić information content (AvgIpc) is 2.51. The van der Waals surface area contributed by atoms with Crippen LogP contribution in [-0.2, 0) is 4.74 Å². The van der Waals surface area contributed by atoms with Gasteiger partial charge in [0.1, 0.15) is 11.3 Å². The van der Waals surface area contributed by atoms with E-state index >= 15 is 0 Å². The smallest absolute Gasteiger partial charge is 0.378 e. The number of ether oxygens (including phenoxy) is 1. The molecule has 1 aromatic heterocycles. The third-order valence-electron chi connectivity index (χ3n) is 3.89. The van der Waals surface area contributed by atoms with Gasteiger partial charge in [-0.15, -0.1) is 0 Å². The highest BCUT2D eigenvalue weighted by Gasteiger charge is 2.41. The number of hydrogen-bond donors (Lipinski definition) is 1. The van der Waals surface area contributed by atoms with Crippen LogP contribution in [0.4, 0.5) is 17.6 Å². The Kier molecular flexibility index (Phi) is 6.33. The molecule has 1 heterocycles. The van der Waals surface area contributed by atoms with Crippen molar-refractivity contribution in [2.24, 2.45) is 5.41 Å². The van der Waals surface area contributed by atoms with Gasteiger partial charge in [0.25, 0.3) is 5.91 Å². The number of aromatic nitrogens is 1. The number of nitrogens with one attached hydrogen (secondary N) is 1. The minimum absolute atomic E-state index is 0. The van der Waals surface area contributed by atoms with Gasteiger partial charge < -0.3 is 10.1 Å². The molecule has 0 saturated carbocycles. The maximum Gasteiger partial charge on any atom is 0.391 e. The lowest BCUT2D eigenvalue weighted by atomic mass is 9.96. The van der Waals surface area contributed by atoms with Crippen LogP contribution in [0.5, 0.6) is 0 Å². The summed E-state index contributed by atoms with van der Waals surface area (Å²) in [5.41, 5.74) is -1.75. The fourth-order valence-electron chi connectivity index (χ4n) is 2.75. The molecule has 8 heteroatoms. The molecule has 2 rings (SSSR count). The number of hydrogen-bond acceptors (Lipinski definition) is 3. The van der Waals surface area contributed by atoms with Crippen LogP contribution in [0.1, 0.15) is 45.9 Å². The van der Waals surface area contributed by atoms with Crippen molar-refractivity contribution in [1.29, 1.82) is 0 Å². The van der Waals surface area contributed by atoms with Crippen LogP contribution < -0.4 is 5.32 Å². The Morgan fingerprint density at radius 3 is 2.46 bits per heavy atom. The van der Waals surface area contributed by atoms with Crippen LogP contribution in [0.15, 0.2) is 30.5 Å². The number of para-hydroxylation sites is 1. The molecule has 4 nitrogen and oxygen atoms in total. The number of rotatable bonds is 6. The molecule has 0 aliphatic rings. The van der Waals surface area contributed by atoms with Crippen LogP contribution in [0.2, 0.25) is 0 Å². The molecule has 0 aliphatic heterocycles. The molecular weight excluding hydrogens is 376 g/mol. The predicted molar refractivity (Wildman–Crippen MR) is 101 cm³/mol. The molecule has 1 unspecified atom stereocenters. The Balaban J connectivity index is 0.00000420. The topological polar surface area (TPSA) is 51.2 Å². The number of nitrogens with zero attached hydrogens (tertiary/aromatic N) is 1. The SMILES string of the molecule is CC(C)(C)COCC(C)(CC(F)(F)F)NC(=O)c1cnc2c(F)cccc2c1.[HH]. The van der Waals surface area contributed by atoms with E-state index < -0.39 is 29.9 Å². The van der Waals surface area contributed by atoms with Gasteiger partial charge in [-0.1, -0.05) is 32.9 Å². The maximum atomic E-state index is 13.7. The number of alkyl halides is 3. The summed E-state index contributed by atoms with van der Waals surface area (Å²) in [5.74, 6) is -1.27. The van der Waals surface area contributed by atoms with Crippen molar-refractivity contribution >= 4 is 16.8 Å². The first-order valence-electron chi connectivity index (χ1n) is 8.79. The van der Waals surface area contributed by atoms with Crippen molar-refractivity contribution in [2.45, 2.75) is 45.8 Å². The van der Waals surface area contributed by atoms with Crippen molar-refractivity contribution in [1.82, 2.24) is 10.3 Å². The van der Waals surface area contributed by atoms with Crippen molar-refractivity contribution in [3.63, 3.8) is 0 Å². The molecule has 156 valence electrons. The van der Waals surface area contributed by atoms with E-state index in [0.29, 0.717) is 5.39 Å². The zero-order chi connectivity index (χ0) is 21.2. The van der Waals surface area contributed by atoms with Crippen molar-refractivity contribution < 1.29 is 28.5 Å². The van der Waals surface area contributed by atoms with Gasteiger partial charge in [0.2, 0.25) is 0 Å². The summed E-state index contributed by atoms with van der Waals surface area (Å²) in [5, 5.41) is 2.80. The Morgan fingerprint density at radius 2 is 1.86 bits per heavy atom. The Morgan fingerprint density at radius 1 is 1.18 bits per heavy atom. The van der Waals surface area contributed by atoms with E-state index in [1.54, 1.807) is 6.07 Å². The molecule has 0 bridgehead atoms. The largest absolute Gasteiger partial charge is 0.391 e. The number of pyridine rings is 1. The molecule has 1 N–H and O–H groups in total. The van der Waals surface area contributed by atoms with Gasteiger partial charge in [0, 0.05) is 13.0 Å². The third kappa shape index (κ3) is 6.44. The number of benzene rings is 1. The number of halogens is 4. The van der Waals surface area contributed by atoms with Gasteiger partial charge in [-0.05, 0) is 24.5 Å². The second kappa shape index (κ2) is 8.03. The van der Waals surface area contributed by atoms with Crippen LogP contribution >= 0.6 is 0 Å². The Hall–Kier alpha value is -2.22. The first-order chi connectivity index (χ1) is 12.8. The van der Waals surface area contributed by atoms with E-state index in [1.165, 1.54) is 25.1 Å². The molecule has 0 saturated heterocycles. The Bertz CT molecular complexity index is 852. The van der Waals surface area contributed by atoms with Gasteiger partial charge in [0.15, 0.2) is 0 Å². The molecule has 28 heavy (non-hydrogen) atoms. The second-order valence-corrected chi connectivity index (χ2v) is 8.40. The van der Waals surface area contributed by atoms with E-state index in [2.05, 4.69) is 10.3 Å². The Labute approximate surface area is 162 Å². The first-order valence-corrected chi connectivity index (χ1v) is 8.79. The molecule has 0 radical (unpaired) electrons. The normalized spacial score (nSPS) is 14.7. The zero-order valence-corrected chi connectivity index (χ0v) is 16.3. The van der Waals surface area contributed by atoms with Crippen LogP contribution in [0, 0.1) is 11.2 Å². The van der Waals surface area contributed by atoms with Crippen LogP contribution in [-0.4, -0.2) is 35.8 Å². The average molecular weight is 402 g/mol. The number of fused-ring (bicyclic) bond motifs is 1. The fourth-order valence-corrected chi connectivity index (χ4v) is 2.75. The quantitative estimate of drug-likeness (QED) is 0.682. The van der Waals surface area contributed by atoms with E-state index in [0.717, 1.165) is 6.20 Å². The van der Waals surface area contributed by atoms with Gasteiger partial charge in [-0.2, -0.15) is 13.2 Å². The summed E-state index contributed by atoms with van der Waals surface area (Å²) in [7, 11) is 0. The number of amides is 1. The lowest BCUT2D eigenvalue weighted by Gasteiger charge is -2.32. The fraction of sp³-hybridized carbons (Fsp3) is 0.500. The summed E-state index contributed by atoms with van der Waals surface area (Å²) >= 11 is 0.